The highest BCUT2D eigenvalue weighted by molar-refractivity contribution is 9.10. The van der Waals surface area contributed by atoms with Crippen molar-refractivity contribution >= 4 is 15.9 Å². The van der Waals surface area contributed by atoms with Crippen molar-refractivity contribution in [3.8, 4) is 0 Å². The standard InChI is InChI=1S/C11H15BrFN/c1-7(2)5-11(14)9-6-8(13)3-4-10(9)12/h3-4,6-7,11H,5,14H2,1-2H3. The van der Waals surface area contributed by atoms with Gasteiger partial charge in [-0.1, -0.05) is 29.8 Å². The fourth-order valence-corrected chi connectivity index (χ4v) is 1.97. The molecule has 0 aliphatic rings. The largest absolute Gasteiger partial charge is 0.324 e. The molecule has 1 unspecified atom stereocenters. The fraction of sp³-hybridized carbons (Fsp3) is 0.455. The second kappa shape index (κ2) is 4.89. The molecule has 0 heterocycles. The summed E-state index contributed by atoms with van der Waals surface area (Å²) in [5.74, 6) is 0.280. The van der Waals surface area contributed by atoms with Crippen molar-refractivity contribution in [2.75, 3.05) is 0 Å². The predicted octanol–water partition coefficient (Wildman–Crippen LogP) is 3.63. The summed E-state index contributed by atoms with van der Waals surface area (Å²) in [5, 5.41) is 0. The van der Waals surface area contributed by atoms with Gasteiger partial charge in [0, 0.05) is 10.5 Å². The molecule has 1 nitrogen and oxygen atoms in total. The summed E-state index contributed by atoms with van der Waals surface area (Å²) < 4.78 is 13.9. The Hall–Kier alpha value is -0.410. The molecule has 0 aromatic heterocycles. The number of hydrogen-bond donors (Lipinski definition) is 1. The van der Waals surface area contributed by atoms with Crippen molar-refractivity contribution in [1.29, 1.82) is 0 Å². The van der Waals surface area contributed by atoms with Crippen LogP contribution < -0.4 is 5.73 Å². The Bertz CT molecular complexity index is 312. The summed E-state index contributed by atoms with van der Waals surface area (Å²) in [7, 11) is 0. The van der Waals surface area contributed by atoms with Crippen molar-refractivity contribution in [1.82, 2.24) is 0 Å². The van der Waals surface area contributed by atoms with Crippen LogP contribution in [0.5, 0.6) is 0 Å². The number of benzene rings is 1. The Morgan fingerprint density at radius 3 is 2.64 bits per heavy atom. The number of nitrogens with two attached hydrogens (primary N) is 1. The summed E-state index contributed by atoms with van der Waals surface area (Å²) in [5.41, 5.74) is 6.82. The molecule has 0 amide bonds. The zero-order valence-corrected chi connectivity index (χ0v) is 10.0. The van der Waals surface area contributed by atoms with Gasteiger partial charge in [0.15, 0.2) is 0 Å². The number of rotatable bonds is 3. The van der Waals surface area contributed by atoms with Crippen LogP contribution in [0.25, 0.3) is 0 Å². The third kappa shape index (κ3) is 3.07. The van der Waals surface area contributed by atoms with Crippen LogP contribution in [-0.2, 0) is 0 Å². The molecule has 1 aromatic carbocycles. The second-order valence-electron chi connectivity index (χ2n) is 3.90. The van der Waals surface area contributed by atoms with Gasteiger partial charge < -0.3 is 5.73 Å². The molecular formula is C11H15BrFN. The first-order chi connectivity index (χ1) is 6.50. The molecule has 1 rings (SSSR count). The molecule has 0 spiro atoms. The molecule has 3 heteroatoms. The average molecular weight is 260 g/mol. The molecule has 1 aromatic rings. The summed E-state index contributed by atoms with van der Waals surface area (Å²) in [6.45, 7) is 4.21. The molecule has 0 saturated heterocycles. The quantitative estimate of drug-likeness (QED) is 0.882. The monoisotopic (exact) mass is 259 g/mol. The lowest BCUT2D eigenvalue weighted by molar-refractivity contribution is 0.506. The lowest BCUT2D eigenvalue weighted by Gasteiger charge is -2.15. The minimum absolute atomic E-state index is 0.0972. The SMILES string of the molecule is CC(C)CC(N)c1cc(F)ccc1Br. The molecule has 0 aliphatic heterocycles. The van der Waals surface area contributed by atoms with E-state index in [1.807, 2.05) is 0 Å². The van der Waals surface area contributed by atoms with Gasteiger partial charge in [-0.25, -0.2) is 4.39 Å². The van der Waals surface area contributed by atoms with E-state index < -0.39 is 0 Å². The van der Waals surface area contributed by atoms with Gasteiger partial charge in [0.1, 0.15) is 5.82 Å². The van der Waals surface area contributed by atoms with Gasteiger partial charge in [0.2, 0.25) is 0 Å². The van der Waals surface area contributed by atoms with E-state index in [-0.39, 0.29) is 11.9 Å². The highest BCUT2D eigenvalue weighted by atomic mass is 79.9. The minimum atomic E-state index is -0.234. The zero-order chi connectivity index (χ0) is 10.7. The summed E-state index contributed by atoms with van der Waals surface area (Å²) in [4.78, 5) is 0. The Morgan fingerprint density at radius 2 is 2.07 bits per heavy atom. The first-order valence-corrected chi connectivity index (χ1v) is 5.50. The molecule has 78 valence electrons. The van der Waals surface area contributed by atoms with Crippen LogP contribution in [0.15, 0.2) is 22.7 Å². The van der Waals surface area contributed by atoms with E-state index in [9.17, 15) is 4.39 Å². The molecule has 0 bridgehead atoms. The van der Waals surface area contributed by atoms with Crippen LogP contribution >= 0.6 is 15.9 Å². The average Bonchev–Trinajstić information content (AvgIpc) is 2.08. The van der Waals surface area contributed by atoms with E-state index in [1.165, 1.54) is 12.1 Å². The fourth-order valence-electron chi connectivity index (χ4n) is 1.43. The lowest BCUT2D eigenvalue weighted by Crippen LogP contribution is -2.13. The third-order valence-electron chi connectivity index (χ3n) is 2.08. The second-order valence-corrected chi connectivity index (χ2v) is 4.76. The van der Waals surface area contributed by atoms with E-state index in [0.29, 0.717) is 5.92 Å². The normalized spacial score (nSPS) is 13.3. The van der Waals surface area contributed by atoms with Gasteiger partial charge in [0.25, 0.3) is 0 Å². The van der Waals surface area contributed by atoms with E-state index in [4.69, 9.17) is 5.73 Å². The predicted molar refractivity (Wildman–Crippen MR) is 60.5 cm³/mol. The minimum Gasteiger partial charge on any atom is -0.324 e. The van der Waals surface area contributed by atoms with Crippen LogP contribution in [-0.4, -0.2) is 0 Å². The van der Waals surface area contributed by atoms with Crippen LogP contribution in [0.3, 0.4) is 0 Å². The van der Waals surface area contributed by atoms with Crippen molar-refractivity contribution in [3.63, 3.8) is 0 Å². The van der Waals surface area contributed by atoms with E-state index >= 15 is 0 Å². The molecule has 0 fully saturated rings. The third-order valence-corrected chi connectivity index (χ3v) is 2.81. The maximum absolute atomic E-state index is 13.0. The Balaban J connectivity index is 2.88. The molecule has 1 atom stereocenters. The van der Waals surface area contributed by atoms with Gasteiger partial charge in [-0.3, -0.25) is 0 Å². The van der Waals surface area contributed by atoms with E-state index in [0.717, 1.165) is 16.5 Å². The number of halogens is 2. The maximum atomic E-state index is 13.0. The zero-order valence-electron chi connectivity index (χ0n) is 8.43. The molecule has 14 heavy (non-hydrogen) atoms. The first-order valence-electron chi connectivity index (χ1n) is 4.71. The van der Waals surface area contributed by atoms with Crippen LogP contribution in [0.1, 0.15) is 31.9 Å². The van der Waals surface area contributed by atoms with E-state index in [1.54, 1.807) is 6.07 Å². The van der Waals surface area contributed by atoms with Crippen molar-refractivity contribution in [3.05, 3.63) is 34.1 Å². The molecule has 0 radical (unpaired) electrons. The van der Waals surface area contributed by atoms with Gasteiger partial charge in [0.05, 0.1) is 0 Å². The Kier molecular flexibility index (Phi) is 4.08. The van der Waals surface area contributed by atoms with Crippen molar-refractivity contribution < 1.29 is 4.39 Å². The van der Waals surface area contributed by atoms with Crippen LogP contribution in [0, 0.1) is 11.7 Å². The maximum Gasteiger partial charge on any atom is 0.123 e. The van der Waals surface area contributed by atoms with Crippen molar-refractivity contribution in [2.45, 2.75) is 26.3 Å². The summed E-state index contributed by atoms with van der Waals surface area (Å²) in [6, 6.07) is 4.53. The topological polar surface area (TPSA) is 26.0 Å². The van der Waals surface area contributed by atoms with Gasteiger partial charge >= 0.3 is 0 Å². The summed E-state index contributed by atoms with van der Waals surface area (Å²) in [6.07, 6.45) is 0.863. The molecule has 0 aliphatic carbocycles. The molecular weight excluding hydrogens is 245 g/mol. The first kappa shape index (κ1) is 11.7. The Labute approximate surface area is 92.6 Å². The number of hydrogen-bond acceptors (Lipinski definition) is 1. The van der Waals surface area contributed by atoms with E-state index in [2.05, 4.69) is 29.8 Å². The highest BCUT2D eigenvalue weighted by Crippen LogP contribution is 2.26. The van der Waals surface area contributed by atoms with Gasteiger partial charge in [-0.05, 0) is 36.1 Å². The highest BCUT2D eigenvalue weighted by Gasteiger charge is 2.12. The smallest absolute Gasteiger partial charge is 0.123 e. The Morgan fingerprint density at radius 1 is 1.43 bits per heavy atom. The van der Waals surface area contributed by atoms with Gasteiger partial charge in [-0.2, -0.15) is 0 Å². The molecule has 0 saturated carbocycles. The van der Waals surface area contributed by atoms with Crippen LogP contribution in [0.2, 0.25) is 0 Å². The van der Waals surface area contributed by atoms with Crippen LogP contribution in [0.4, 0.5) is 4.39 Å². The van der Waals surface area contributed by atoms with Crippen molar-refractivity contribution in [2.24, 2.45) is 11.7 Å². The van der Waals surface area contributed by atoms with Gasteiger partial charge in [-0.15, -0.1) is 0 Å². The lowest BCUT2D eigenvalue weighted by atomic mass is 9.98. The molecule has 2 N–H and O–H groups in total. The summed E-state index contributed by atoms with van der Waals surface area (Å²) >= 11 is 3.37.